The molecule has 0 aliphatic heterocycles. The van der Waals surface area contributed by atoms with E-state index in [0.717, 1.165) is 12.1 Å². The van der Waals surface area contributed by atoms with E-state index in [0.29, 0.717) is 44.6 Å². The standard InChI is InChI=1S/C15H22F3N3O2.HI/c1-3-22-10-8-20-14(19-2)21-9-11-23-13-6-4-12(5-7-13)15(16,17)18;/h4-7H,3,8-11H2,1-2H3,(H2,19,20,21);1H. The summed E-state index contributed by atoms with van der Waals surface area (Å²) in [5.74, 6) is 1.000. The number of nitrogens with zero attached hydrogens (tertiary/aromatic N) is 1. The van der Waals surface area contributed by atoms with Gasteiger partial charge in [-0.25, -0.2) is 0 Å². The van der Waals surface area contributed by atoms with Gasteiger partial charge in [-0.1, -0.05) is 0 Å². The Kier molecular flexibility index (Phi) is 11.6. The molecule has 1 rings (SSSR count). The first-order chi connectivity index (χ1) is 11.0. The number of aliphatic imine (C=N–C) groups is 1. The zero-order valence-electron chi connectivity index (χ0n) is 13.7. The number of benzene rings is 1. The number of alkyl halides is 3. The smallest absolute Gasteiger partial charge is 0.416 e. The Morgan fingerprint density at radius 3 is 2.17 bits per heavy atom. The van der Waals surface area contributed by atoms with Crippen LogP contribution >= 0.6 is 24.0 Å². The van der Waals surface area contributed by atoms with Gasteiger partial charge in [0.15, 0.2) is 5.96 Å². The molecule has 0 aliphatic rings. The second kappa shape index (κ2) is 12.2. The van der Waals surface area contributed by atoms with Crippen molar-refractivity contribution in [1.29, 1.82) is 0 Å². The van der Waals surface area contributed by atoms with Gasteiger partial charge in [-0.2, -0.15) is 13.2 Å². The Morgan fingerprint density at radius 1 is 1.08 bits per heavy atom. The number of nitrogens with one attached hydrogen (secondary N) is 2. The number of hydrogen-bond donors (Lipinski definition) is 2. The van der Waals surface area contributed by atoms with Crippen molar-refractivity contribution in [3.8, 4) is 5.75 Å². The van der Waals surface area contributed by atoms with Crippen LogP contribution in [0.4, 0.5) is 13.2 Å². The maximum Gasteiger partial charge on any atom is 0.416 e. The van der Waals surface area contributed by atoms with Gasteiger partial charge in [-0.05, 0) is 31.2 Å². The quantitative estimate of drug-likeness (QED) is 0.271. The van der Waals surface area contributed by atoms with Crippen LogP contribution in [0.3, 0.4) is 0 Å². The molecule has 0 unspecified atom stereocenters. The molecule has 24 heavy (non-hydrogen) atoms. The maximum atomic E-state index is 12.4. The van der Waals surface area contributed by atoms with Crippen LogP contribution in [0.2, 0.25) is 0 Å². The molecule has 1 aromatic carbocycles. The summed E-state index contributed by atoms with van der Waals surface area (Å²) in [6.45, 7) is 4.57. The molecule has 0 amide bonds. The number of halogens is 4. The topological polar surface area (TPSA) is 54.9 Å². The third kappa shape index (κ3) is 9.16. The summed E-state index contributed by atoms with van der Waals surface area (Å²) in [4.78, 5) is 4.03. The van der Waals surface area contributed by atoms with Gasteiger partial charge in [-0.15, -0.1) is 24.0 Å². The van der Waals surface area contributed by atoms with Crippen LogP contribution in [0.1, 0.15) is 12.5 Å². The van der Waals surface area contributed by atoms with E-state index < -0.39 is 11.7 Å². The van der Waals surface area contributed by atoms with Crippen molar-refractivity contribution in [2.75, 3.05) is 40.0 Å². The molecule has 0 radical (unpaired) electrons. The number of rotatable bonds is 8. The van der Waals surface area contributed by atoms with Crippen LogP contribution in [-0.4, -0.2) is 45.9 Å². The lowest BCUT2D eigenvalue weighted by atomic mass is 10.2. The molecule has 0 saturated heterocycles. The average molecular weight is 461 g/mol. The normalized spacial score (nSPS) is 11.6. The Labute approximate surface area is 157 Å². The highest BCUT2D eigenvalue weighted by Crippen LogP contribution is 2.30. The molecule has 9 heteroatoms. The van der Waals surface area contributed by atoms with Crippen LogP contribution in [0.5, 0.6) is 5.75 Å². The van der Waals surface area contributed by atoms with Crippen molar-refractivity contribution in [2.24, 2.45) is 4.99 Å². The van der Waals surface area contributed by atoms with E-state index in [1.165, 1.54) is 12.1 Å². The van der Waals surface area contributed by atoms with E-state index in [4.69, 9.17) is 9.47 Å². The van der Waals surface area contributed by atoms with E-state index in [2.05, 4.69) is 15.6 Å². The zero-order valence-corrected chi connectivity index (χ0v) is 16.0. The van der Waals surface area contributed by atoms with Crippen molar-refractivity contribution in [3.63, 3.8) is 0 Å². The highest BCUT2D eigenvalue weighted by Gasteiger charge is 2.29. The Morgan fingerprint density at radius 2 is 1.67 bits per heavy atom. The van der Waals surface area contributed by atoms with E-state index in [9.17, 15) is 13.2 Å². The molecule has 0 atom stereocenters. The van der Waals surface area contributed by atoms with Crippen molar-refractivity contribution in [3.05, 3.63) is 29.8 Å². The third-order valence-corrected chi connectivity index (χ3v) is 2.81. The third-order valence-electron chi connectivity index (χ3n) is 2.81. The summed E-state index contributed by atoms with van der Waals surface area (Å²) >= 11 is 0. The molecule has 5 nitrogen and oxygen atoms in total. The molecule has 0 heterocycles. The minimum Gasteiger partial charge on any atom is -0.492 e. The van der Waals surface area contributed by atoms with Gasteiger partial charge in [0.05, 0.1) is 18.7 Å². The highest BCUT2D eigenvalue weighted by molar-refractivity contribution is 14.0. The van der Waals surface area contributed by atoms with Gasteiger partial charge in [0, 0.05) is 20.2 Å². The summed E-state index contributed by atoms with van der Waals surface area (Å²) in [6.07, 6.45) is -4.33. The highest BCUT2D eigenvalue weighted by atomic mass is 127. The van der Waals surface area contributed by atoms with Gasteiger partial charge in [0.1, 0.15) is 12.4 Å². The number of hydrogen-bond acceptors (Lipinski definition) is 3. The predicted octanol–water partition coefficient (Wildman–Crippen LogP) is 2.90. The van der Waals surface area contributed by atoms with Crippen molar-refractivity contribution in [2.45, 2.75) is 13.1 Å². The zero-order chi connectivity index (χ0) is 17.1. The van der Waals surface area contributed by atoms with Crippen LogP contribution in [-0.2, 0) is 10.9 Å². The molecule has 138 valence electrons. The molecule has 0 spiro atoms. The van der Waals surface area contributed by atoms with E-state index >= 15 is 0 Å². The fourth-order valence-corrected chi connectivity index (χ4v) is 1.69. The average Bonchev–Trinajstić information content (AvgIpc) is 2.53. The first kappa shape index (κ1) is 22.8. The van der Waals surface area contributed by atoms with Gasteiger partial charge in [0.2, 0.25) is 0 Å². The molecule has 0 fully saturated rings. The SMILES string of the molecule is CCOCCNC(=NC)NCCOc1ccc(C(F)(F)F)cc1.I. The Hall–Kier alpha value is -1.23. The van der Waals surface area contributed by atoms with Gasteiger partial charge >= 0.3 is 6.18 Å². The molecule has 0 aromatic heterocycles. The minimum atomic E-state index is -4.33. The first-order valence-electron chi connectivity index (χ1n) is 7.29. The molecule has 2 N–H and O–H groups in total. The summed E-state index contributed by atoms with van der Waals surface area (Å²) in [6, 6.07) is 4.60. The lowest BCUT2D eigenvalue weighted by molar-refractivity contribution is -0.137. The maximum absolute atomic E-state index is 12.4. The fraction of sp³-hybridized carbons (Fsp3) is 0.533. The molecule has 1 aromatic rings. The van der Waals surface area contributed by atoms with E-state index in [1.54, 1.807) is 7.05 Å². The van der Waals surface area contributed by atoms with Gasteiger partial charge in [0.25, 0.3) is 0 Å². The Bertz CT molecular complexity index is 482. The molecule has 0 bridgehead atoms. The van der Waals surface area contributed by atoms with Crippen LogP contribution < -0.4 is 15.4 Å². The summed E-state index contributed by atoms with van der Waals surface area (Å²) in [5.41, 5.74) is -0.693. The second-order valence-corrected chi connectivity index (χ2v) is 4.49. The van der Waals surface area contributed by atoms with Crippen molar-refractivity contribution in [1.82, 2.24) is 10.6 Å². The van der Waals surface area contributed by atoms with Crippen LogP contribution in [0.15, 0.2) is 29.3 Å². The fourth-order valence-electron chi connectivity index (χ4n) is 1.69. The molecule has 0 saturated carbocycles. The lowest BCUT2D eigenvalue weighted by Gasteiger charge is -2.13. The van der Waals surface area contributed by atoms with Gasteiger partial charge in [-0.3, -0.25) is 4.99 Å². The number of guanidine groups is 1. The second-order valence-electron chi connectivity index (χ2n) is 4.49. The van der Waals surface area contributed by atoms with Gasteiger partial charge < -0.3 is 20.1 Å². The van der Waals surface area contributed by atoms with E-state index in [-0.39, 0.29) is 24.0 Å². The summed E-state index contributed by atoms with van der Waals surface area (Å²) in [5, 5.41) is 6.09. The molecule has 0 aliphatic carbocycles. The predicted molar refractivity (Wildman–Crippen MR) is 98.2 cm³/mol. The van der Waals surface area contributed by atoms with E-state index in [1.807, 2.05) is 6.92 Å². The lowest BCUT2D eigenvalue weighted by Crippen LogP contribution is -2.40. The number of ether oxygens (including phenoxy) is 2. The largest absolute Gasteiger partial charge is 0.492 e. The molecular weight excluding hydrogens is 438 g/mol. The first-order valence-corrected chi connectivity index (χ1v) is 7.29. The Balaban J connectivity index is 0.00000529. The van der Waals surface area contributed by atoms with Crippen molar-refractivity contribution < 1.29 is 22.6 Å². The van der Waals surface area contributed by atoms with Crippen LogP contribution in [0.25, 0.3) is 0 Å². The minimum absolute atomic E-state index is 0. The monoisotopic (exact) mass is 461 g/mol. The summed E-state index contributed by atoms with van der Waals surface area (Å²) < 4.78 is 47.8. The van der Waals surface area contributed by atoms with Crippen molar-refractivity contribution >= 4 is 29.9 Å². The van der Waals surface area contributed by atoms with Crippen LogP contribution in [0, 0.1) is 0 Å². The molecular formula is C15H23F3IN3O2. The summed E-state index contributed by atoms with van der Waals surface area (Å²) in [7, 11) is 1.65.